The molecular formula is C19H22ClN3O4. The highest BCUT2D eigenvalue weighted by atomic mass is 35.5. The first-order chi connectivity index (χ1) is 12.7. The Hall–Kier alpha value is -2.12. The van der Waals surface area contributed by atoms with E-state index in [1.807, 2.05) is 26.0 Å². The first-order valence-electron chi connectivity index (χ1n) is 8.99. The summed E-state index contributed by atoms with van der Waals surface area (Å²) in [5, 5.41) is 0.598. The van der Waals surface area contributed by atoms with Crippen LogP contribution in [0.5, 0.6) is 0 Å². The Balaban J connectivity index is 1.95. The van der Waals surface area contributed by atoms with Gasteiger partial charge in [0.2, 0.25) is 11.8 Å². The maximum Gasteiger partial charge on any atom is 0.332 e. The van der Waals surface area contributed by atoms with Gasteiger partial charge in [-0.1, -0.05) is 17.7 Å². The summed E-state index contributed by atoms with van der Waals surface area (Å²) in [6, 6.07) is 4.37. The van der Waals surface area contributed by atoms with Gasteiger partial charge in [-0.15, -0.1) is 0 Å². The molecule has 1 aromatic rings. The molecule has 1 aromatic carbocycles. The highest BCUT2D eigenvalue weighted by Crippen LogP contribution is 2.49. The van der Waals surface area contributed by atoms with Crippen molar-refractivity contribution < 1.29 is 19.1 Å². The predicted octanol–water partition coefficient (Wildman–Crippen LogP) is 1.92. The van der Waals surface area contributed by atoms with Crippen molar-refractivity contribution in [1.29, 1.82) is 0 Å². The van der Waals surface area contributed by atoms with Crippen LogP contribution < -0.4 is 4.90 Å². The van der Waals surface area contributed by atoms with Gasteiger partial charge in [-0.2, -0.15) is 0 Å². The van der Waals surface area contributed by atoms with Crippen LogP contribution in [0.1, 0.15) is 19.4 Å². The number of nitrogens with zero attached hydrogens (tertiary/aromatic N) is 3. The lowest BCUT2D eigenvalue weighted by atomic mass is 9.66. The SMILES string of the molecule is C[C@@H]1CN2c3cc(Cl)ccc3CC3(C(=O)N(C)C(=O)N(C)C3=O)[C@H]2[C@@H](C)O1. The van der Waals surface area contributed by atoms with Crippen molar-refractivity contribution in [3.05, 3.63) is 28.8 Å². The zero-order valence-electron chi connectivity index (χ0n) is 15.7. The summed E-state index contributed by atoms with van der Waals surface area (Å²) in [6.07, 6.45) is -0.226. The molecule has 3 aliphatic rings. The Kier molecular flexibility index (Phi) is 4.01. The zero-order chi connectivity index (χ0) is 19.7. The molecule has 0 radical (unpaired) electrons. The lowest BCUT2D eigenvalue weighted by Gasteiger charge is -2.57. The molecule has 0 aliphatic carbocycles. The van der Waals surface area contributed by atoms with Gasteiger partial charge < -0.3 is 9.64 Å². The number of imide groups is 2. The minimum Gasteiger partial charge on any atom is -0.372 e. The second kappa shape index (κ2) is 5.94. The molecule has 0 N–H and O–H groups in total. The second-order valence-corrected chi connectivity index (χ2v) is 8.12. The molecule has 144 valence electrons. The molecule has 7 nitrogen and oxygen atoms in total. The monoisotopic (exact) mass is 391 g/mol. The predicted molar refractivity (Wildman–Crippen MR) is 99.7 cm³/mol. The number of carbonyl (C=O) groups excluding carboxylic acids is 3. The van der Waals surface area contributed by atoms with E-state index in [0.29, 0.717) is 11.6 Å². The van der Waals surface area contributed by atoms with Gasteiger partial charge in [0.05, 0.1) is 18.2 Å². The topological polar surface area (TPSA) is 70.2 Å². The lowest BCUT2D eigenvalue weighted by molar-refractivity contribution is -0.166. The van der Waals surface area contributed by atoms with E-state index in [1.165, 1.54) is 14.1 Å². The number of urea groups is 1. The van der Waals surface area contributed by atoms with Gasteiger partial charge in [-0.25, -0.2) is 4.79 Å². The Bertz CT molecular complexity index is 833. The van der Waals surface area contributed by atoms with Crippen molar-refractivity contribution >= 4 is 35.1 Å². The Morgan fingerprint density at radius 2 is 1.74 bits per heavy atom. The third-order valence-corrected chi connectivity index (χ3v) is 6.19. The molecule has 2 fully saturated rings. The van der Waals surface area contributed by atoms with Gasteiger partial charge in [0.25, 0.3) is 0 Å². The number of barbiturate groups is 1. The van der Waals surface area contributed by atoms with E-state index < -0.39 is 29.3 Å². The average molecular weight is 392 g/mol. The van der Waals surface area contributed by atoms with Crippen LogP contribution in [0, 0.1) is 5.41 Å². The quantitative estimate of drug-likeness (QED) is 0.632. The van der Waals surface area contributed by atoms with Crippen LogP contribution >= 0.6 is 11.6 Å². The number of ether oxygens (including phenoxy) is 1. The molecule has 1 spiro atoms. The molecule has 0 saturated carbocycles. The summed E-state index contributed by atoms with van der Waals surface area (Å²) >= 11 is 6.23. The van der Waals surface area contributed by atoms with Crippen LogP contribution in [0.3, 0.4) is 0 Å². The van der Waals surface area contributed by atoms with E-state index in [4.69, 9.17) is 16.3 Å². The first kappa shape index (κ1) is 18.3. The maximum atomic E-state index is 13.4. The van der Waals surface area contributed by atoms with Crippen molar-refractivity contribution in [2.24, 2.45) is 5.41 Å². The molecule has 0 bridgehead atoms. The number of halogens is 1. The van der Waals surface area contributed by atoms with Crippen LogP contribution in [-0.4, -0.2) is 66.5 Å². The van der Waals surface area contributed by atoms with Crippen LogP contribution in [0.15, 0.2) is 18.2 Å². The summed E-state index contributed by atoms with van der Waals surface area (Å²) in [4.78, 5) is 43.2. The zero-order valence-corrected chi connectivity index (χ0v) is 16.5. The normalized spacial score (nSPS) is 29.9. The molecule has 3 heterocycles. The highest BCUT2D eigenvalue weighted by molar-refractivity contribution is 6.31. The number of rotatable bonds is 0. The van der Waals surface area contributed by atoms with Crippen molar-refractivity contribution in [3.63, 3.8) is 0 Å². The molecule has 27 heavy (non-hydrogen) atoms. The fourth-order valence-electron chi connectivity index (χ4n) is 4.89. The lowest BCUT2D eigenvalue weighted by Crippen LogP contribution is -2.75. The molecule has 3 aliphatic heterocycles. The number of benzene rings is 1. The van der Waals surface area contributed by atoms with Crippen molar-refractivity contribution in [2.75, 3.05) is 25.5 Å². The Morgan fingerprint density at radius 1 is 1.11 bits per heavy atom. The van der Waals surface area contributed by atoms with Crippen molar-refractivity contribution in [1.82, 2.24) is 9.80 Å². The molecule has 3 atom stereocenters. The fraction of sp³-hybridized carbons (Fsp3) is 0.526. The highest BCUT2D eigenvalue weighted by Gasteiger charge is 2.65. The summed E-state index contributed by atoms with van der Waals surface area (Å²) in [6.45, 7) is 4.37. The largest absolute Gasteiger partial charge is 0.372 e. The Labute approximate surface area is 162 Å². The van der Waals surface area contributed by atoms with E-state index in [9.17, 15) is 14.4 Å². The van der Waals surface area contributed by atoms with Crippen molar-refractivity contribution in [3.8, 4) is 0 Å². The van der Waals surface area contributed by atoms with Gasteiger partial charge in [0, 0.05) is 31.4 Å². The van der Waals surface area contributed by atoms with Crippen LogP contribution in [0.25, 0.3) is 0 Å². The molecule has 0 unspecified atom stereocenters. The fourth-order valence-corrected chi connectivity index (χ4v) is 5.06. The number of carbonyl (C=O) groups is 3. The first-order valence-corrected chi connectivity index (χ1v) is 9.37. The van der Waals surface area contributed by atoms with Gasteiger partial charge in [0.15, 0.2) is 5.41 Å². The van der Waals surface area contributed by atoms with E-state index >= 15 is 0 Å². The van der Waals surface area contributed by atoms with E-state index in [-0.39, 0.29) is 18.6 Å². The number of hydrogen-bond acceptors (Lipinski definition) is 5. The van der Waals surface area contributed by atoms with Gasteiger partial charge in [-0.05, 0) is 38.0 Å². The molecule has 4 amide bonds. The van der Waals surface area contributed by atoms with Crippen LogP contribution in [0.2, 0.25) is 5.02 Å². The summed E-state index contributed by atoms with van der Waals surface area (Å²) in [7, 11) is 2.85. The van der Waals surface area contributed by atoms with E-state index in [1.54, 1.807) is 6.07 Å². The number of amides is 4. The standard InChI is InChI=1S/C19H22ClN3O4/c1-10-9-23-14-7-13(20)6-5-12(14)8-19(15(23)11(2)27-10)16(24)21(3)18(26)22(4)17(19)25/h5-7,10-11,15H,8-9H2,1-4H3/t10-,11-,15-/m1/s1. The smallest absolute Gasteiger partial charge is 0.332 e. The third-order valence-electron chi connectivity index (χ3n) is 5.96. The summed E-state index contributed by atoms with van der Waals surface area (Å²) in [5.74, 6) is -0.951. The minimum absolute atomic E-state index is 0.0656. The van der Waals surface area contributed by atoms with Gasteiger partial charge >= 0.3 is 6.03 Å². The second-order valence-electron chi connectivity index (χ2n) is 7.68. The average Bonchev–Trinajstić information content (AvgIpc) is 2.63. The number of fused-ring (bicyclic) bond motifs is 4. The number of morpholine rings is 1. The Morgan fingerprint density at radius 3 is 2.37 bits per heavy atom. The maximum absolute atomic E-state index is 13.4. The van der Waals surface area contributed by atoms with E-state index in [0.717, 1.165) is 21.1 Å². The summed E-state index contributed by atoms with van der Waals surface area (Å²) < 4.78 is 6.02. The van der Waals surface area contributed by atoms with Crippen molar-refractivity contribution in [2.45, 2.75) is 38.5 Å². The van der Waals surface area contributed by atoms with Gasteiger partial charge in [-0.3, -0.25) is 19.4 Å². The molecule has 0 aromatic heterocycles. The van der Waals surface area contributed by atoms with Crippen LogP contribution in [0.4, 0.5) is 10.5 Å². The number of hydrogen-bond donors (Lipinski definition) is 0. The molecule has 4 rings (SSSR count). The molecule has 8 heteroatoms. The van der Waals surface area contributed by atoms with Crippen LogP contribution in [-0.2, 0) is 20.7 Å². The number of anilines is 1. The molecule has 2 saturated heterocycles. The summed E-state index contributed by atoms with van der Waals surface area (Å²) in [5.41, 5.74) is 0.385. The van der Waals surface area contributed by atoms with Gasteiger partial charge in [0.1, 0.15) is 0 Å². The third kappa shape index (κ3) is 2.34. The molecular weight excluding hydrogens is 370 g/mol. The van der Waals surface area contributed by atoms with E-state index in [2.05, 4.69) is 4.90 Å². The minimum atomic E-state index is -1.40.